The molecule has 0 radical (unpaired) electrons. The highest BCUT2D eigenvalue weighted by Gasteiger charge is 2.23. The summed E-state index contributed by atoms with van der Waals surface area (Å²) in [7, 11) is 0. The van der Waals surface area contributed by atoms with Crippen LogP contribution < -0.4 is 5.32 Å². The maximum atomic E-state index is 12.2. The molecule has 0 aliphatic rings. The maximum Gasteiger partial charge on any atom is 0.409 e. The summed E-state index contributed by atoms with van der Waals surface area (Å²) in [5.74, 6) is -0.0568. The van der Waals surface area contributed by atoms with E-state index in [0.29, 0.717) is 18.2 Å². The monoisotopic (exact) mass is 396 g/mol. The van der Waals surface area contributed by atoms with Gasteiger partial charge >= 0.3 is 6.09 Å². The van der Waals surface area contributed by atoms with Crippen molar-refractivity contribution < 1.29 is 14.3 Å². The van der Waals surface area contributed by atoms with Gasteiger partial charge in [-0.2, -0.15) is 0 Å². The lowest BCUT2D eigenvalue weighted by Gasteiger charge is -2.30. The van der Waals surface area contributed by atoms with Crippen molar-refractivity contribution in [3.8, 4) is 0 Å². The summed E-state index contributed by atoms with van der Waals surface area (Å²) in [6, 6.07) is 5.88. The van der Waals surface area contributed by atoms with Crippen LogP contribution in [0.1, 0.15) is 71.0 Å². The van der Waals surface area contributed by atoms with Crippen LogP contribution in [0.5, 0.6) is 0 Å². The van der Waals surface area contributed by atoms with Gasteiger partial charge in [0.05, 0.1) is 12.6 Å². The van der Waals surface area contributed by atoms with Crippen LogP contribution in [0.25, 0.3) is 0 Å². The lowest BCUT2D eigenvalue weighted by atomic mass is 9.93. The fraction of sp³-hybridized carbons (Fsp3) is 0.619. The Morgan fingerprint density at radius 2 is 1.89 bits per heavy atom. The Morgan fingerprint density at radius 1 is 1.19 bits per heavy atom. The van der Waals surface area contributed by atoms with Gasteiger partial charge in [-0.3, -0.25) is 4.79 Å². The van der Waals surface area contributed by atoms with Crippen LogP contribution in [-0.2, 0) is 16.0 Å². The SMILES string of the molecule is CCOC(=O)N(CC)C(CC)CCc1ccc(Cl)cc1C(CC)NC(C)=O. The Hall–Kier alpha value is -1.75. The Kier molecular flexibility index (Phi) is 10.2. The molecule has 0 aromatic heterocycles. The number of ether oxygens (including phenoxy) is 1. The maximum absolute atomic E-state index is 12.2. The molecule has 1 rings (SSSR count). The van der Waals surface area contributed by atoms with Gasteiger partial charge in [-0.25, -0.2) is 4.79 Å². The minimum atomic E-state index is -0.257. The van der Waals surface area contributed by atoms with Gasteiger partial charge in [0.15, 0.2) is 0 Å². The average molecular weight is 397 g/mol. The van der Waals surface area contributed by atoms with Crippen LogP contribution in [0.4, 0.5) is 4.79 Å². The Labute approximate surface area is 168 Å². The van der Waals surface area contributed by atoms with Crippen molar-refractivity contribution in [2.24, 2.45) is 0 Å². The van der Waals surface area contributed by atoms with Crippen LogP contribution in [0.2, 0.25) is 5.02 Å². The molecule has 27 heavy (non-hydrogen) atoms. The first-order valence-electron chi connectivity index (χ1n) is 9.86. The second-order valence-corrected chi connectivity index (χ2v) is 7.03. The number of halogens is 1. The molecule has 0 heterocycles. The molecule has 2 amide bonds. The normalized spacial score (nSPS) is 13.0. The molecule has 1 aromatic rings. The molecule has 1 N–H and O–H groups in total. The van der Waals surface area contributed by atoms with E-state index in [1.807, 2.05) is 39.0 Å². The molecule has 1 aromatic carbocycles. The zero-order valence-electron chi connectivity index (χ0n) is 17.2. The first-order valence-corrected chi connectivity index (χ1v) is 10.2. The summed E-state index contributed by atoms with van der Waals surface area (Å²) in [4.78, 5) is 25.6. The molecule has 0 bridgehead atoms. The quantitative estimate of drug-likeness (QED) is 0.597. The van der Waals surface area contributed by atoms with E-state index >= 15 is 0 Å². The van der Waals surface area contributed by atoms with Crippen molar-refractivity contribution in [2.75, 3.05) is 13.2 Å². The van der Waals surface area contributed by atoms with E-state index in [4.69, 9.17) is 16.3 Å². The van der Waals surface area contributed by atoms with Crippen molar-refractivity contribution >= 4 is 23.6 Å². The molecule has 2 atom stereocenters. The average Bonchev–Trinajstić information content (AvgIpc) is 2.63. The Morgan fingerprint density at radius 3 is 2.41 bits per heavy atom. The fourth-order valence-electron chi connectivity index (χ4n) is 3.41. The number of carbonyl (C=O) groups is 2. The number of amides is 2. The molecule has 0 fully saturated rings. The molecule has 5 nitrogen and oxygen atoms in total. The van der Waals surface area contributed by atoms with Crippen LogP contribution in [-0.4, -0.2) is 36.1 Å². The van der Waals surface area contributed by atoms with Gasteiger partial charge < -0.3 is 15.0 Å². The molecule has 152 valence electrons. The van der Waals surface area contributed by atoms with Crippen LogP contribution in [0.3, 0.4) is 0 Å². The second-order valence-electron chi connectivity index (χ2n) is 6.59. The van der Waals surface area contributed by atoms with Crippen molar-refractivity contribution in [3.05, 3.63) is 34.3 Å². The number of rotatable bonds is 10. The summed E-state index contributed by atoms with van der Waals surface area (Å²) < 4.78 is 5.19. The molecule has 0 aliphatic heterocycles. The van der Waals surface area contributed by atoms with Crippen LogP contribution in [0.15, 0.2) is 18.2 Å². The predicted octanol–water partition coefficient (Wildman–Crippen LogP) is 5.12. The van der Waals surface area contributed by atoms with Crippen molar-refractivity contribution in [3.63, 3.8) is 0 Å². The third-order valence-electron chi connectivity index (χ3n) is 4.77. The van der Waals surface area contributed by atoms with Crippen LogP contribution in [0, 0.1) is 0 Å². The molecule has 6 heteroatoms. The molecule has 0 saturated heterocycles. The standard InChI is InChI=1S/C21H33ClN2O3/c1-6-18(24(8-3)21(26)27-9-4)13-11-16-10-12-17(22)14-19(16)20(7-2)23-15(5)25/h10,12,14,18,20H,6-9,11,13H2,1-5H3,(H,23,25). The van der Waals surface area contributed by atoms with Gasteiger partial charge in [0.2, 0.25) is 5.91 Å². The number of nitrogens with zero attached hydrogens (tertiary/aromatic N) is 1. The largest absolute Gasteiger partial charge is 0.450 e. The first-order chi connectivity index (χ1) is 12.9. The molecule has 2 unspecified atom stereocenters. The number of hydrogen-bond acceptors (Lipinski definition) is 3. The van der Waals surface area contributed by atoms with Crippen molar-refractivity contribution in [2.45, 2.75) is 72.4 Å². The highest BCUT2D eigenvalue weighted by Crippen LogP contribution is 2.27. The molecular formula is C21H33ClN2O3. The highest BCUT2D eigenvalue weighted by molar-refractivity contribution is 6.30. The third kappa shape index (κ3) is 7.06. The summed E-state index contributed by atoms with van der Waals surface area (Å²) in [5, 5.41) is 3.66. The molecule has 0 aliphatic carbocycles. The van der Waals surface area contributed by atoms with E-state index in [1.165, 1.54) is 6.92 Å². The van der Waals surface area contributed by atoms with Crippen molar-refractivity contribution in [1.82, 2.24) is 10.2 Å². The number of carbonyl (C=O) groups excluding carboxylic acids is 2. The first kappa shape index (κ1) is 23.3. The van der Waals surface area contributed by atoms with Gasteiger partial charge in [-0.1, -0.05) is 31.5 Å². The fourth-order valence-corrected chi connectivity index (χ4v) is 3.59. The van der Waals surface area contributed by atoms with Crippen LogP contribution >= 0.6 is 11.6 Å². The van der Waals surface area contributed by atoms with E-state index in [9.17, 15) is 9.59 Å². The van der Waals surface area contributed by atoms with Gasteiger partial charge in [0.25, 0.3) is 0 Å². The summed E-state index contributed by atoms with van der Waals surface area (Å²) in [6.07, 6.45) is 3.02. The molecular weight excluding hydrogens is 364 g/mol. The van der Waals surface area contributed by atoms with E-state index in [0.717, 1.165) is 36.8 Å². The number of nitrogens with one attached hydrogen (secondary N) is 1. The lowest BCUT2D eigenvalue weighted by Crippen LogP contribution is -2.40. The summed E-state index contributed by atoms with van der Waals surface area (Å²) >= 11 is 6.21. The predicted molar refractivity (Wildman–Crippen MR) is 110 cm³/mol. The van der Waals surface area contributed by atoms with Gasteiger partial charge in [-0.05, 0) is 62.8 Å². The van der Waals surface area contributed by atoms with Gasteiger partial charge in [0, 0.05) is 24.5 Å². The topological polar surface area (TPSA) is 58.6 Å². The number of hydrogen-bond donors (Lipinski definition) is 1. The number of benzene rings is 1. The zero-order chi connectivity index (χ0) is 20.4. The minimum Gasteiger partial charge on any atom is -0.450 e. The number of aryl methyl sites for hydroxylation is 1. The van der Waals surface area contributed by atoms with Gasteiger partial charge in [-0.15, -0.1) is 0 Å². The molecule has 0 spiro atoms. The summed E-state index contributed by atoms with van der Waals surface area (Å²) in [6.45, 7) is 10.4. The van der Waals surface area contributed by atoms with E-state index in [1.54, 1.807) is 4.90 Å². The third-order valence-corrected chi connectivity index (χ3v) is 5.01. The highest BCUT2D eigenvalue weighted by atomic mass is 35.5. The smallest absolute Gasteiger partial charge is 0.409 e. The van der Waals surface area contributed by atoms with E-state index < -0.39 is 0 Å². The zero-order valence-corrected chi connectivity index (χ0v) is 17.9. The lowest BCUT2D eigenvalue weighted by molar-refractivity contribution is -0.119. The van der Waals surface area contributed by atoms with Crippen molar-refractivity contribution in [1.29, 1.82) is 0 Å². The Bertz CT molecular complexity index is 621. The molecule has 0 saturated carbocycles. The minimum absolute atomic E-state index is 0.0568. The Balaban J connectivity index is 2.99. The second kappa shape index (κ2) is 11.9. The van der Waals surface area contributed by atoms with E-state index in [2.05, 4.69) is 12.2 Å². The van der Waals surface area contributed by atoms with E-state index in [-0.39, 0.29) is 24.1 Å². The van der Waals surface area contributed by atoms with Gasteiger partial charge in [0.1, 0.15) is 0 Å². The summed E-state index contributed by atoms with van der Waals surface area (Å²) in [5.41, 5.74) is 2.20.